The number of carbonyl (C=O) groups is 2. The number of hydrogen-bond donors (Lipinski definition) is 1. The molecule has 0 unspecified atom stereocenters. The zero-order chi connectivity index (χ0) is 19.5. The monoisotopic (exact) mass is 375 g/mol. The van der Waals surface area contributed by atoms with Crippen molar-refractivity contribution in [3.8, 4) is 0 Å². The third-order valence-corrected chi connectivity index (χ3v) is 4.72. The summed E-state index contributed by atoms with van der Waals surface area (Å²) in [5.74, 6) is -0.841. The second-order valence-electron chi connectivity index (χ2n) is 6.61. The fraction of sp³-hybridized carbons (Fsp3) is 0.136. The molecule has 2 amide bonds. The Hall–Kier alpha value is -3.54. The highest BCUT2D eigenvalue weighted by molar-refractivity contribution is 6.08. The molecule has 4 rings (SSSR count). The molecular weight excluding hydrogens is 357 g/mol. The van der Waals surface area contributed by atoms with Crippen LogP contribution in [0.2, 0.25) is 0 Å². The minimum Gasteiger partial charge on any atom is -0.322 e. The van der Waals surface area contributed by atoms with E-state index in [1.165, 1.54) is 24.3 Å². The molecule has 28 heavy (non-hydrogen) atoms. The molecule has 2 aromatic carbocycles. The van der Waals surface area contributed by atoms with Gasteiger partial charge < -0.3 is 10.2 Å². The van der Waals surface area contributed by atoms with E-state index >= 15 is 0 Å². The molecule has 1 aliphatic heterocycles. The molecule has 1 N–H and O–H groups in total. The van der Waals surface area contributed by atoms with Crippen molar-refractivity contribution in [3.05, 3.63) is 89.5 Å². The molecule has 0 aliphatic carbocycles. The van der Waals surface area contributed by atoms with Crippen LogP contribution >= 0.6 is 0 Å². The molecule has 0 radical (unpaired) electrons. The number of nitrogens with zero attached hydrogens (tertiary/aromatic N) is 2. The molecule has 6 heteroatoms. The lowest BCUT2D eigenvalue weighted by molar-refractivity contribution is 0.0983. The van der Waals surface area contributed by atoms with Gasteiger partial charge in [-0.1, -0.05) is 6.07 Å². The maximum atomic E-state index is 13.1. The van der Waals surface area contributed by atoms with Crippen LogP contribution in [0.1, 0.15) is 32.7 Å². The summed E-state index contributed by atoms with van der Waals surface area (Å²) < 4.78 is 13.1. The van der Waals surface area contributed by atoms with Crippen LogP contribution in [-0.4, -0.2) is 23.3 Å². The topological polar surface area (TPSA) is 62.3 Å². The van der Waals surface area contributed by atoms with Crippen LogP contribution in [0.25, 0.3) is 0 Å². The van der Waals surface area contributed by atoms with E-state index in [-0.39, 0.29) is 11.8 Å². The van der Waals surface area contributed by atoms with Crippen molar-refractivity contribution in [2.24, 2.45) is 0 Å². The molecule has 0 saturated heterocycles. The van der Waals surface area contributed by atoms with Crippen LogP contribution < -0.4 is 10.2 Å². The van der Waals surface area contributed by atoms with Gasteiger partial charge >= 0.3 is 0 Å². The summed E-state index contributed by atoms with van der Waals surface area (Å²) in [5.41, 5.74) is 3.32. The molecule has 5 nitrogen and oxygen atoms in total. The number of rotatable bonds is 3. The maximum Gasteiger partial charge on any atom is 0.259 e. The number of pyridine rings is 1. The van der Waals surface area contributed by atoms with Gasteiger partial charge in [-0.05, 0) is 66.9 Å². The third-order valence-electron chi connectivity index (χ3n) is 4.72. The van der Waals surface area contributed by atoms with Crippen molar-refractivity contribution in [3.63, 3.8) is 0 Å². The number of fused-ring (bicyclic) bond motifs is 1. The molecular formula is C22H18FN3O2. The number of aromatic nitrogens is 1. The normalized spacial score (nSPS) is 13.0. The summed E-state index contributed by atoms with van der Waals surface area (Å²) in [4.78, 5) is 31.1. The van der Waals surface area contributed by atoms with Crippen molar-refractivity contribution in [1.82, 2.24) is 4.98 Å². The largest absolute Gasteiger partial charge is 0.322 e. The lowest BCUT2D eigenvalue weighted by Gasteiger charge is -2.30. The first-order valence-corrected chi connectivity index (χ1v) is 9.03. The van der Waals surface area contributed by atoms with Gasteiger partial charge in [-0.2, -0.15) is 0 Å². The Morgan fingerprint density at radius 1 is 1.04 bits per heavy atom. The predicted molar refractivity (Wildman–Crippen MR) is 105 cm³/mol. The zero-order valence-corrected chi connectivity index (χ0v) is 15.1. The van der Waals surface area contributed by atoms with Crippen LogP contribution in [0, 0.1) is 5.82 Å². The van der Waals surface area contributed by atoms with Crippen molar-refractivity contribution in [1.29, 1.82) is 0 Å². The molecule has 0 atom stereocenters. The summed E-state index contributed by atoms with van der Waals surface area (Å²) in [5, 5.41) is 2.82. The second-order valence-corrected chi connectivity index (χ2v) is 6.61. The van der Waals surface area contributed by atoms with E-state index < -0.39 is 5.82 Å². The lowest BCUT2D eigenvalue weighted by Crippen LogP contribution is -2.35. The maximum absolute atomic E-state index is 13.1. The quantitative estimate of drug-likeness (QED) is 0.751. The van der Waals surface area contributed by atoms with Crippen LogP contribution in [0.15, 0.2) is 67.0 Å². The van der Waals surface area contributed by atoms with Gasteiger partial charge in [0.25, 0.3) is 11.8 Å². The Kier molecular flexibility index (Phi) is 4.85. The molecule has 1 aromatic heterocycles. The highest BCUT2D eigenvalue weighted by Gasteiger charge is 2.24. The Morgan fingerprint density at radius 2 is 1.86 bits per heavy atom. The van der Waals surface area contributed by atoms with Crippen LogP contribution in [0.4, 0.5) is 15.8 Å². The third kappa shape index (κ3) is 3.62. The number of nitrogens with one attached hydrogen (secondary N) is 1. The van der Waals surface area contributed by atoms with Crippen LogP contribution in [-0.2, 0) is 6.42 Å². The highest BCUT2D eigenvalue weighted by atomic mass is 19.1. The number of carbonyl (C=O) groups excluding carboxylic acids is 2. The number of aryl methyl sites for hydroxylation is 1. The Morgan fingerprint density at radius 3 is 2.61 bits per heavy atom. The first kappa shape index (κ1) is 17.9. The SMILES string of the molecule is O=C(Nc1ccc2c(c1)N(C(=O)c1cccnc1)CCC2)c1ccc(F)cc1. The smallest absolute Gasteiger partial charge is 0.259 e. The van der Waals surface area contributed by atoms with E-state index in [0.29, 0.717) is 23.4 Å². The summed E-state index contributed by atoms with van der Waals surface area (Å²) in [7, 11) is 0. The number of benzene rings is 2. The highest BCUT2D eigenvalue weighted by Crippen LogP contribution is 2.31. The van der Waals surface area contributed by atoms with Crippen LogP contribution in [0.3, 0.4) is 0 Å². The Labute approximate surface area is 161 Å². The van der Waals surface area contributed by atoms with Gasteiger partial charge in [-0.25, -0.2) is 4.39 Å². The summed E-state index contributed by atoms with van der Waals surface area (Å²) >= 11 is 0. The average Bonchev–Trinajstić information content (AvgIpc) is 2.74. The van der Waals surface area contributed by atoms with E-state index in [1.54, 1.807) is 29.4 Å². The fourth-order valence-corrected chi connectivity index (χ4v) is 3.31. The van der Waals surface area contributed by atoms with E-state index in [0.717, 1.165) is 24.1 Å². The van der Waals surface area contributed by atoms with Gasteiger partial charge in [0.05, 0.1) is 5.56 Å². The van der Waals surface area contributed by atoms with Crippen molar-refractivity contribution in [2.75, 3.05) is 16.8 Å². The van der Waals surface area contributed by atoms with E-state index in [4.69, 9.17) is 0 Å². The van der Waals surface area contributed by atoms with Gasteiger partial charge in [0.15, 0.2) is 0 Å². The Bertz CT molecular complexity index is 1020. The molecule has 1 aliphatic rings. The first-order valence-electron chi connectivity index (χ1n) is 9.03. The molecule has 3 aromatic rings. The van der Waals surface area contributed by atoms with E-state index in [1.807, 2.05) is 18.2 Å². The second kappa shape index (κ2) is 7.60. The van der Waals surface area contributed by atoms with Gasteiger partial charge in [-0.3, -0.25) is 14.6 Å². The molecule has 140 valence electrons. The zero-order valence-electron chi connectivity index (χ0n) is 15.1. The van der Waals surface area contributed by atoms with Gasteiger partial charge in [0.1, 0.15) is 5.82 Å². The average molecular weight is 375 g/mol. The number of halogens is 1. The number of hydrogen-bond acceptors (Lipinski definition) is 3. The molecule has 2 heterocycles. The fourth-order valence-electron chi connectivity index (χ4n) is 3.31. The van der Waals surface area contributed by atoms with E-state index in [9.17, 15) is 14.0 Å². The van der Waals surface area contributed by atoms with Gasteiger partial charge in [0, 0.05) is 35.9 Å². The molecule has 0 spiro atoms. The van der Waals surface area contributed by atoms with Gasteiger partial charge in [-0.15, -0.1) is 0 Å². The minimum atomic E-state index is -0.394. The molecule has 0 fully saturated rings. The standard InChI is InChI=1S/C22H18FN3O2/c23-18-8-5-16(6-9-18)21(27)25-19-10-7-15-4-2-12-26(20(15)13-19)22(28)17-3-1-11-24-14-17/h1,3,5-11,13-14H,2,4,12H2,(H,25,27). The summed E-state index contributed by atoms with van der Waals surface area (Å²) in [6, 6.07) is 14.4. The van der Waals surface area contributed by atoms with Crippen LogP contribution in [0.5, 0.6) is 0 Å². The molecule has 0 saturated carbocycles. The summed E-state index contributed by atoms with van der Waals surface area (Å²) in [6.45, 7) is 0.607. The Balaban J connectivity index is 1.60. The van der Waals surface area contributed by atoms with Crippen molar-refractivity contribution >= 4 is 23.2 Å². The van der Waals surface area contributed by atoms with Crippen molar-refractivity contribution in [2.45, 2.75) is 12.8 Å². The van der Waals surface area contributed by atoms with Gasteiger partial charge in [0.2, 0.25) is 0 Å². The minimum absolute atomic E-state index is 0.115. The van der Waals surface area contributed by atoms with E-state index in [2.05, 4.69) is 10.3 Å². The predicted octanol–water partition coefficient (Wildman–Crippen LogP) is 4.07. The number of amides is 2. The lowest BCUT2D eigenvalue weighted by atomic mass is 10.00. The first-order chi connectivity index (χ1) is 13.6. The number of anilines is 2. The van der Waals surface area contributed by atoms with Crippen molar-refractivity contribution < 1.29 is 14.0 Å². The summed E-state index contributed by atoms with van der Waals surface area (Å²) in [6.07, 6.45) is 4.93. The molecule has 0 bridgehead atoms.